The predicted octanol–water partition coefficient (Wildman–Crippen LogP) is 1.19. The zero-order chi connectivity index (χ0) is 12.3. The van der Waals surface area contributed by atoms with Crippen LogP contribution < -0.4 is 5.32 Å². The second-order valence-electron chi connectivity index (χ2n) is 4.59. The Kier molecular flexibility index (Phi) is 4.58. The lowest BCUT2D eigenvalue weighted by atomic mass is 10.1. The molecule has 1 saturated heterocycles. The summed E-state index contributed by atoms with van der Waals surface area (Å²) in [4.78, 5) is 1.16. The third kappa shape index (κ3) is 3.92. The zero-order valence-electron chi connectivity index (χ0n) is 9.59. The molecule has 0 amide bonds. The van der Waals surface area contributed by atoms with Gasteiger partial charge in [0, 0.05) is 12.6 Å². The Labute approximate surface area is 93.6 Å². The van der Waals surface area contributed by atoms with E-state index in [9.17, 15) is 18.3 Å². The van der Waals surface area contributed by atoms with E-state index in [4.69, 9.17) is 0 Å². The number of hydrogen-bond donors (Lipinski definition) is 2. The number of hydrogen-bond acceptors (Lipinski definition) is 3. The standard InChI is InChI=1S/C10H19F3N2O/c1-7(2)9(16)15(6-10(11,12)13)8-3-4-14-5-8/h7-9,14,16H,3-6H2,1-2H3/t8-,9?/m0/s1. The molecule has 0 aliphatic carbocycles. The van der Waals surface area contributed by atoms with Gasteiger partial charge in [0.2, 0.25) is 0 Å². The molecule has 0 aromatic carbocycles. The highest BCUT2D eigenvalue weighted by molar-refractivity contribution is 4.84. The summed E-state index contributed by atoms with van der Waals surface area (Å²) in [6.45, 7) is 3.62. The number of halogens is 3. The molecular formula is C10H19F3N2O. The van der Waals surface area contributed by atoms with Crippen LogP contribution in [0.2, 0.25) is 0 Å². The van der Waals surface area contributed by atoms with Gasteiger partial charge in [-0.1, -0.05) is 13.8 Å². The molecule has 1 unspecified atom stereocenters. The highest BCUT2D eigenvalue weighted by atomic mass is 19.4. The molecule has 1 fully saturated rings. The number of nitrogens with one attached hydrogen (secondary N) is 1. The van der Waals surface area contributed by atoms with Gasteiger partial charge in [-0.25, -0.2) is 0 Å². The minimum absolute atomic E-state index is 0.206. The largest absolute Gasteiger partial charge is 0.401 e. The first-order valence-electron chi connectivity index (χ1n) is 5.52. The number of aliphatic hydroxyl groups excluding tert-OH is 1. The van der Waals surface area contributed by atoms with Crippen molar-refractivity contribution in [1.82, 2.24) is 10.2 Å². The molecule has 2 atom stereocenters. The van der Waals surface area contributed by atoms with Gasteiger partial charge < -0.3 is 10.4 Å². The van der Waals surface area contributed by atoms with Gasteiger partial charge >= 0.3 is 6.18 Å². The monoisotopic (exact) mass is 240 g/mol. The lowest BCUT2D eigenvalue weighted by Crippen LogP contribution is -2.50. The lowest BCUT2D eigenvalue weighted by molar-refractivity contribution is -0.179. The third-order valence-corrected chi connectivity index (χ3v) is 2.80. The average molecular weight is 240 g/mol. The SMILES string of the molecule is CC(C)C(O)N(CC(F)(F)F)[C@H]1CCNC1. The molecule has 2 N–H and O–H groups in total. The highest BCUT2D eigenvalue weighted by Crippen LogP contribution is 2.23. The molecule has 0 spiro atoms. The summed E-state index contributed by atoms with van der Waals surface area (Å²) >= 11 is 0. The van der Waals surface area contributed by atoms with Crippen molar-refractivity contribution < 1.29 is 18.3 Å². The first kappa shape index (κ1) is 13.7. The molecule has 0 aromatic rings. The maximum absolute atomic E-state index is 12.4. The Bertz CT molecular complexity index is 213. The molecule has 3 nitrogen and oxygen atoms in total. The van der Waals surface area contributed by atoms with Crippen LogP contribution in [-0.4, -0.2) is 48.1 Å². The second-order valence-corrected chi connectivity index (χ2v) is 4.59. The van der Waals surface area contributed by atoms with E-state index in [1.54, 1.807) is 13.8 Å². The minimum Gasteiger partial charge on any atom is -0.378 e. The van der Waals surface area contributed by atoms with Gasteiger partial charge in [0.25, 0.3) is 0 Å². The molecule has 1 aliphatic rings. The van der Waals surface area contributed by atoms with Crippen LogP contribution in [-0.2, 0) is 0 Å². The minimum atomic E-state index is -4.27. The molecule has 0 saturated carbocycles. The molecule has 1 aliphatic heterocycles. The van der Waals surface area contributed by atoms with Gasteiger partial charge in [-0.05, 0) is 18.9 Å². The quantitative estimate of drug-likeness (QED) is 0.724. The van der Waals surface area contributed by atoms with Gasteiger partial charge in [-0.2, -0.15) is 13.2 Å². The van der Waals surface area contributed by atoms with Crippen LogP contribution in [0.25, 0.3) is 0 Å². The smallest absolute Gasteiger partial charge is 0.378 e. The van der Waals surface area contributed by atoms with Crippen molar-refractivity contribution in [2.24, 2.45) is 5.92 Å². The van der Waals surface area contributed by atoms with Gasteiger partial charge in [0.1, 0.15) is 6.23 Å². The topological polar surface area (TPSA) is 35.5 Å². The molecule has 16 heavy (non-hydrogen) atoms. The Morgan fingerprint density at radius 3 is 2.44 bits per heavy atom. The molecular weight excluding hydrogens is 221 g/mol. The maximum Gasteiger partial charge on any atom is 0.401 e. The van der Waals surface area contributed by atoms with Crippen molar-refractivity contribution >= 4 is 0 Å². The second kappa shape index (κ2) is 5.33. The van der Waals surface area contributed by atoms with E-state index in [1.807, 2.05) is 0 Å². The van der Waals surface area contributed by atoms with Gasteiger partial charge in [0.05, 0.1) is 6.54 Å². The summed E-state index contributed by atoms with van der Waals surface area (Å²) in [5.74, 6) is -0.206. The number of rotatable bonds is 4. The number of nitrogens with zero attached hydrogens (tertiary/aromatic N) is 1. The molecule has 6 heteroatoms. The Hall–Kier alpha value is -0.330. The fourth-order valence-corrected chi connectivity index (χ4v) is 1.95. The highest BCUT2D eigenvalue weighted by Gasteiger charge is 2.38. The average Bonchev–Trinajstić information content (AvgIpc) is 2.64. The molecule has 96 valence electrons. The molecule has 0 bridgehead atoms. The van der Waals surface area contributed by atoms with Crippen molar-refractivity contribution in [3.63, 3.8) is 0 Å². The van der Waals surface area contributed by atoms with Crippen molar-refractivity contribution in [2.75, 3.05) is 19.6 Å². The lowest BCUT2D eigenvalue weighted by Gasteiger charge is -2.35. The van der Waals surface area contributed by atoms with E-state index in [0.717, 1.165) is 4.90 Å². The first-order valence-corrected chi connectivity index (χ1v) is 5.52. The van der Waals surface area contributed by atoms with E-state index < -0.39 is 18.9 Å². The normalized spacial score (nSPS) is 24.4. The Morgan fingerprint density at radius 2 is 2.06 bits per heavy atom. The molecule has 0 aromatic heterocycles. The summed E-state index contributed by atoms with van der Waals surface area (Å²) in [6, 6.07) is -0.223. The summed E-state index contributed by atoms with van der Waals surface area (Å²) in [6.07, 6.45) is -4.65. The summed E-state index contributed by atoms with van der Waals surface area (Å²) in [5.41, 5.74) is 0. The molecule has 1 rings (SSSR count). The van der Waals surface area contributed by atoms with Crippen LogP contribution in [0.1, 0.15) is 20.3 Å². The van der Waals surface area contributed by atoms with Crippen molar-refractivity contribution in [3.8, 4) is 0 Å². The van der Waals surface area contributed by atoms with Crippen molar-refractivity contribution in [1.29, 1.82) is 0 Å². The number of alkyl halides is 3. The maximum atomic E-state index is 12.4. The number of aliphatic hydroxyl groups is 1. The third-order valence-electron chi connectivity index (χ3n) is 2.80. The van der Waals surface area contributed by atoms with Crippen molar-refractivity contribution in [3.05, 3.63) is 0 Å². The van der Waals surface area contributed by atoms with Crippen LogP contribution in [0.15, 0.2) is 0 Å². The van der Waals surface area contributed by atoms with E-state index in [0.29, 0.717) is 19.5 Å². The van der Waals surface area contributed by atoms with Crippen LogP contribution in [0.3, 0.4) is 0 Å². The fraction of sp³-hybridized carbons (Fsp3) is 1.00. The van der Waals surface area contributed by atoms with Crippen LogP contribution in [0, 0.1) is 5.92 Å². The van der Waals surface area contributed by atoms with Crippen LogP contribution in [0.4, 0.5) is 13.2 Å². The van der Waals surface area contributed by atoms with E-state index in [-0.39, 0.29) is 12.0 Å². The molecule has 0 radical (unpaired) electrons. The first-order chi connectivity index (χ1) is 7.31. The van der Waals surface area contributed by atoms with Gasteiger partial charge in [-0.15, -0.1) is 0 Å². The fourth-order valence-electron chi connectivity index (χ4n) is 1.95. The van der Waals surface area contributed by atoms with E-state index in [1.165, 1.54) is 0 Å². The Balaban J connectivity index is 2.67. The van der Waals surface area contributed by atoms with Gasteiger partial charge in [-0.3, -0.25) is 4.90 Å². The van der Waals surface area contributed by atoms with E-state index in [2.05, 4.69) is 5.32 Å². The van der Waals surface area contributed by atoms with Crippen molar-refractivity contribution in [2.45, 2.75) is 38.7 Å². The predicted molar refractivity (Wildman–Crippen MR) is 54.9 cm³/mol. The van der Waals surface area contributed by atoms with Gasteiger partial charge in [0.15, 0.2) is 0 Å². The zero-order valence-corrected chi connectivity index (χ0v) is 9.59. The van der Waals surface area contributed by atoms with Crippen LogP contribution >= 0.6 is 0 Å². The van der Waals surface area contributed by atoms with Crippen LogP contribution in [0.5, 0.6) is 0 Å². The summed E-state index contributed by atoms with van der Waals surface area (Å²) in [5, 5.41) is 12.8. The summed E-state index contributed by atoms with van der Waals surface area (Å²) < 4.78 is 37.2. The molecule has 1 heterocycles. The van der Waals surface area contributed by atoms with E-state index >= 15 is 0 Å². The summed E-state index contributed by atoms with van der Waals surface area (Å²) in [7, 11) is 0. The Morgan fingerprint density at radius 1 is 1.44 bits per heavy atom.